The van der Waals surface area contributed by atoms with Gasteiger partial charge in [-0.1, -0.05) is 12.1 Å². The fourth-order valence-corrected chi connectivity index (χ4v) is 2.54. The van der Waals surface area contributed by atoms with Crippen LogP contribution in [0.4, 0.5) is 4.79 Å². The first-order chi connectivity index (χ1) is 12.4. The Balaban J connectivity index is 2.57. The minimum absolute atomic E-state index is 0.0853. The van der Waals surface area contributed by atoms with Crippen molar-refractivity contribution in [2.75, 3.05) is 12.3 Å². The summed E-state index contributed by atoms with van der Waals surface area (Å²) in [6.45, 7) is 10.2. The SMILES string of the molecule is CC(C)(C)OC(=O)CSc1ccccc1OC(=O)CNC(=O)OC(C)(C)C. The predicted octanol–water partition coefficient (Wildman–Crippen LogP) is 3.55. The number of alkyl carbamates (subject to hydrolysis) is 1. The van der Waals surface area contributed by atoms with E-state index in [4.69, 9.17) is 14.2 Å². The number of esters is 2. The Morgan fingerprint density at radius 3 is 2.11 bits per heavy atom. The lowest BCUT2D eigenvalue weighted by atomic mass is 10.2. The van der Waals surface area contributed by atoms with Crippen molar-refractivity contribution < 1.29 is 28.6 Å². The van der Waals surface area contributed by atoms with Gasteiger partial charge in [-0.2, -0.15) is 0 Å². The number of carbonyl (C=O) groups is 3. The molecule has 0 saturated heterocycles. The molecule has 1 aromatic rings. The molecule has 27 heavy (non-hydrogen) atoms. The Bertz CT molecular complexity index is 676. The number of amides is 1. The first kappa shape index (κ1) is 22.8. The first-order valence-corrected chi connectivity index (χ1v) is 9.45. The lowest BCUT2D eigenvalue weighted by molar-refractivity contribution is -0.151. The molecule has 1 aromatic carbocycles. The minimum Gasteiger partial charge on any atom is -0.459 e. The molecule has 0 atom stereocenters. The second kappa shape index (κ2) is 9.64. The van der Waals surface area contributed by atoms with E-state index in [0.717, 1.165) is 0 Å². The van der Waals surface area contributed by atoms with Crippen LogP contribution in [-0.2, 0) is 19.1 Å². The zero-order chi connectivity index (χ0) is 20.7. The van der Waals surface area contributed by atoms with Crippen molar-refractivity contribution in [3.8, 4) is 5.75 Å². The average Bonchev–Trinajstić information content (AvgIpc) is 2.49. The third-order valence-electron chi connectivity index (χ3n) is 2.61. The minimum atomic E-state index is -0.702. The van der Waals surface area contributed by atoms with Gasteiger partial charge in [-0.15, -0.1) is 11.8 Å². The normalized spacial score (nSPS) is 11.5. The molecular weight excluding hydrogens is 370 g/mol. The van der Waals surface area contributed by atoms with Crippen molar-refractivity contribution in [2.45, 2.75) is 57.6 Å². The largest absolute Gasteiger partial charge is 0.459 e. The first-order valence-electron chi connectivity index (χ1n) is 8.47. The summed E-state index contributed by atoms with van der Waals surface area (Å²) in [5.74, 6) is -0.615. The summed E-state index contributed by atoms with van der Waals surface area (Å²) in [5, 5.41) is 2.34. The van der Waals surface area contributed by atoms with Crippen molar-refractivity contribution in [2.24, 2.45) is 0 Å². The van der Waals surface area contributed by atoms with Crippen LogP contribution in [0, 0.1) is 0 Å². The van der Waals surface area contributed by atoms with Gasteiger partial charge in [0.05, 0.1) is 10.6 Å². The van der Waals surface area contributed by atoms with Crippen molar-refractivity contribution in [3.63, 3.8) is 0 Å². The Morgan fingerprint density at radius 2 is 1.52 bits per heavy atom. The standard InChI is InChI=1S/C19H27NO6S/c1-18(2,3)25-16(22)12-27-14-10-8-7-9-13(14)24-15(21)11-20-17(23)26-19(4,5)6/h7-10H,11-12H2,1-6H3,(H,20,23). The van der Waals surface area contributed by atoms with Crippen LogP contribution in [0.2, 0.25) is 0 Å². The Labute approximate surface area is 164 Å². The molecule has 0 aliphatic rings. The number of hydrogen-bond donors (Lipinski definition) is 1. The number of benzene rings is 1. The van der Waals surface area contributed by atoms with Gasteiger partial charge in [-0.25, -0.2) is 9.59 Å². The average molecular weight is 397 g/mol. The summed E-state index contributed by atoms with van der Waals surface area (Å²) in [4.78, 5) is 36.0. The number of ether oxygens (including phenoxy) is 3. The van der Waals surface area contributed by atoms with E-state index >= 15 is 0 Å². The molecule has 0 spiro atoms. The van der Waals surface area contributed by atoms with E-state index in [1.165, 1.54) is 11.8 Å². The van der Waals surface area contributed by atoms with Gasteiger partial charge in [0.1, 0.15) is 23.5 Å². The van der Waals surface area contributed by atoms with Gasteiger partial charge in [0, 0.05) is 0 Å². The summed E-state index contributed by atoms with van der Waals surface area (Å²) in [6.07, 6.45) is -0.702. The molecule has 0 aliphatic carbocycles. The molecule has 0 aromatic heterocycles. The second-order valence-corrected chi connectivity index (χ2v) is 8.67. The van der Waals surface area contributed by atoms with E-state index in [9.17, 15) is 14.4 Å². The summed E-state index contributed by atoms with van der Waals surface area (Å²) < 4.78 is 15.6. The molecule has 8 heteroatoms. The van der Waals surface area contributed by atoms with Gasteiger partial charge < -0.3 is 19.5 Å². The van der Waals surface area contributed by atoms with Gasteiger partial charge in [-0.3, -0.25) is 4.79 Å². The van der Waals surface area contributed by atoms with Gasteiger partial charge in [0.25, 0.3) is 0 Å². The molecule has 1 N–H and O–H groups in total. The van der Waals surface area contributed by atoms with E-state index in [1.54, 1.807) is 65.8 Å². The molecule has 150 valence electrons. The second-order valence-electron chi connectivity index (χ2n) is 7.65. The maximum absolute atomic E-state index is 12.0. The lowest BCUT2D eigenvalue weighted by Crippen LogP contribution is -2.36. The van der Waals surface area contributed by atoms with Crippen molar-refractivity contribution in [1.29, 1.82) is 0 Å². The van der Waals surface area contributed by atoms with Gasteiger partial charge in [0.2, 0.25) is 0 Å². The molecule has 0 unspecified atom stereocenters. The van der Waals surface area contributed by atoms with Crippen LogP contribution in [0.25, 0.3) is 0 Å². The van der Waals surface area contributed by atoms with Crippen molar-refractivity contribution in [1.82, 2.24) is 5.32 Å². The third-order valence-corrected chi connectivity index (χ3v) is 3.64. The topological polar surface area (TPSA) is 90.9 Å². The van der Waals surface area contributed by atoms with E-state index < -0.39 is 23.3 Å². The maximum atomic E-state index is 12.0. The summed E-state index contributed by atoms with van der Waals surface area (Å²) >= 11 is 1.21. The summed E-state index contributed by atoms with van der Waals surface area (Å²) in [6, 6.07) is 6.83. The number of nitrogens with one attached hydrogen (secondary N) is 1. The third kappa shape index (κ3) is 10.5. The predicted molar refractivity (Wildman–Crippen MR) is 103 cm³/mol. The number of thioether (sulfide) groups is 1. The fraction of sp³-hybridized carbons (Fsp3) is 0.526. The highest BCUT2D eigenvalue weighted by Gasteiger charge is 2.19. The Morgan fingerprint density at radius 1 is 0.926 bits per heavy atom. The highest BCUT2D eigenvalue weighted by Crippen LogP contribution is 2.29. The molecule has 7 nitrogen and oxygen atoms in total. The van der Waals surface area contributed by atoms with E-state index in [2.05, 4.69) is 5.32 Å². The fourth-order valence-electron chi connectivity index (χ4n) is 1.78. The van der Waals surface area contributed by atoms with Crippen LogP contribution >= 0.6 is 11.8 Å². The molecule has 0 saturated carbocycles. The number of hydrogen-bond acceptors (Lipinski definition) is 7. The van der Waals surface area contributed by atoms with E-state index in [1.807, 2.05) is 0 Å². The molecule has 0 bridgehead atoms. The van der Waals surface area contributed by atoms with Crippen LogP contribution in [0.5, 0.6) is 5.75 Å². The summed E-state index contributed by atoms with van der Waals surface area (Å²) in [7, 11) is 0. The number of carbonyl (C=O) groups excluding carboxylic acids is 3. The molecule has 0 aliphatic heterocycles. The van der Waals surface area contributed by atoms with E-state index in [0.29, 0.717) is 10.6 Å². The van der Waals surface area contributed by atoms with Gasteiger partial charge in [0.15, 0.2) is 0 Å². The van der Waals surface area contributed by atoms with Crippen LogP contribution < -0.4 is 10.1 Å². The Hall–Kier alpha value is -2.22. The smallest absolute Gasteiger partial charge is 0.408 e. The van der Waals surface area contributed by atoms with Crippen LogP contribution in [-0.4, -0.2) is 41.5 Å². The quantitative estimate of drug-likeness (QED) is 0.446. The zero-order valence-electron chi connectivity index (χ0n) is 16.6. The maximum Gasteiger partial charge on any atom is 0.408 e. The molecule has 0 fully saturated rings. The monoisotopic (exact) mass is 397 g/mol. The lowest BCUT2D eigenvalue weighted by Gasteiger charge is -2.19. The Kier molecular flexibility index (Phi) is 8.15. The highest BCUT2D eigenvalue weighted by molar-refractivity contribution is 8.00. The van der Waals surface area contributed by atoms with Crippen molar-refractivity contribution in [3.05, 3.63) is 24.3 Å². The molecule has 1 amide bonds. The molecular formula is C19H27NO6S. The number of rotatable bonds is 6. The molecule has 1 rings (SSSR count). The molecule has 0 heterocycles. The molecule has 0 radical (unpaired) electrons. The van der Waals surface area contributed by atoms with Crippen molar-refractivity contribution >= 4 is 29.8 Å². The van der Waals surface area contributed by atoms with Gasteiger partial charge in [-0.05, 0) is 53.7 Å². The van der Waals surface area contributed by atoms with Crippen LogP contribution in [0.3, 0.4) is 0 Å². The van der Waals surface area contributed by atoms with Crippen LogP contribution in [0.15, 0.2) is 29.2 Å². The zero-order valence-corrected chi connectivity index (χ0v) is 17.4. The summed E-state index contributed by atoms with van der Waals surface area (Å²) in [5.41, 5.74) is -1.21. The van der Waals surface area contributed by atoms with Gasteiger partial charge >= 0.3 is 18.0 Å². The highest BCUT2D eigenvalue weighted by atomic mass is 32.2. The van der Waals surface area contributed by atoms with E-state index in [-0.39, 0.29) is 18.3 Å². The van der Waals surface area contributed by atoms with Crippen LogP contribution in [0.1, 0.15) is 41.5 Å². The number of para-hydroxylation sites is 1.